The minimum Gasteiger partial charge on any atom is -0.256 e. The summed E-state index contributed by atoms with van der Waals surface area (Å²) in [5, 5.41) is 1.47. The van der Waals surface area contributed by atoms with E-state index in [1.54, 1.807) is 0 Å². The molecule has 2 rings (SSSR count). The zero-order valence-electron chi connectivity index (χ0n) is 11.9. The molecule has 0 saturated heterocycles. The van der Waals surface area contributed by atoms with Gasteiger partial charge in [-0.05, 0) is 30.2 Å². The summed E-state index contributed by atoms with van der Waals surface area (Å²) < 4.78 is 0. The normalized spacial score (nSPS) is 11.6. The van der Waals surface area contributed by atoms with E-state index in [9.17, 15) is 0 Å². The average Bonchev–Trinajstić information content (AvgIpc) is 2.32. The number of pyridine rings is 1. The van der Waals surface area contributed by atoms with Crippen LogP contribution in [0.1, 0.15) is 11.1 Å². The second kappa shape index (κ2) is 4.69. The van der Waals surface area contributed by atoms with Crippen molar-refractivity contribution in [1.29, 1.82) is 0 Å². The van der Waals surface area contributed by atoms with Crippen LogP contribution in [0.5, 0.6) is 0 Å². The quantitative estimate of drug-likeness (QED) is 0.741. The molecule has 0 amide bonds. The van der Waals surface area contributed by atoms with Gasteiger partial charge in [0.25, 0.3) is 0 Å². The minimum absolute atomic E-state index is 1.12. The van der Waals surface area contributed by atoms with E-state index in [0.717, 1.165) is 5.69 Å². The van der Waals surface area contributed by atoms with Gasteiger partial charge in [-0.1, -0.05) is 50.0 Å². The zero-order valence-corrected chi connectivity index (χ0v) is 12.9. The van der Waals surface area contributed by atoms with E-state index < -0.39 is 8.07 Å². The van der Waals surface area contributed by atoms with Crippen LogP contribution >= 0.6 is 0 Å². The number of rotatable bonds is 2. The van der Waals surface area contributed by atoms with Gasteiger partial charge in [-0.2, -0.15) is 0 Å². The average molecular weight is 255 g/mol. The highest BCUT2D eigenvalue weighted by Gasteiger charge is 2.21. The van der Waals surface area contributed by atoms with Crippen LogP contribution in [0.25, 0.3) is 11.3 Å². The second-order valence-electron chi connectivity index (χ2n) is 5.89. The Morgan fingerprint density at radius 3 is 2.06 bits per heavy atom. The molecule has 94 valence electrons. The number of nitrogens with zero attached hydrogens (tertiary/aromatic N) is 1. The molecule has 0 atom stereocenters. The smallest absolute Gasteiger partial charge is 0.0799 e. The third-order valence-corrected chi connectivity index (χ3v) is 5.62. The molecular weight excluding hydrogens is 234 g/mol. The monoisotopic (exact) mass is 255 g/mol. The number of hydrogen-bond donors (Lipinski definition) is 0. The highest BCUT2D eigenvalue weighted by Crippen LogP contribution is 2.23. The molecule has 2 aromatic rings. The predicted molar refractivity (Wildman–Crippen MR) is 82.1 cm³/mol. The van der Waals surface area contributed by atoms with Crippen LogP contribution in [0.2, 0.25) is 19.6 Å². The largest absolute Gasteiger partial charge is 0.256 e. The third kappa shape index (κ3) is 2.39. The molecule has 0 aliphatic carbocycles. The van der Waals surface area contributed by atoms with Crippen molar-refractivity contribution in [2.24, 2.45) is 0 Å². The lowest BCUT2D eigenvalue weighted by Gasteiger charge is -2.21. The van der Waals surface area contributed by atoms with E-state index in [0.29, 0.717) is 0 Å². The summed E-state index contributed by atoms with van der Waals surface area (Å²) in [6.07, 6.45) is 2.09. The first-order valence-corrected chi connectivity index (χ1v) is 9.93. The van der Waals surface area contributed by atoms with Crippen molar-refractivity contribution in [3.05, 3.63) is 47.7 Å². The van der Waals surface area contributed by atoms with Gasteiger partial charge in [0.1, 0.15) is 0 Å². The van der Waals surface area contributed by atoms with E-state index >= 15 is 0 Å². The maximum absolute atomic E-state index is 4.71. The summed E-state index contributed by atoms with van der Waals surface area (Å²) in [6, 6.07) is 10.4. The highest BCUT2D eigenvalue weighted by atomic mass is 28.3. The number of hydrogen-bond acceptors (Lipinski definition) is 1. The van der Waals surface area contributed by atoms with Crippen LogP contribution < -0.4 is 5.19 Å². The topological polar surface area (TPSA) is 12.9 Å². The zero-order chi connectivity index (χ0) is 13.3. The molecule has 1 nitrogen and oxygen atoms in total. The lowest BCUT2D eigenvalue weighted by molar-refractivity contribution is 1.23. The molecule has 0 saturated carbocycles. The molecule has 0 fully saturated rings. The van der Waals surface area contributed by atoms with Crippen molar-refractivity contribution in [3.63, 3.8) is 0 Å². The molecule has 1 heterocycles. The maximum atomic E-state index is 4.71. The first-order chi connectivity index (χ1) is 8.41. The van der Waals surface area contributed by atoms with E-state index in [-0.39, 0.29) is 0 Å². The predicted octanol–water partition coefficient (Wildman–Crippen LogP) is 3.91. The summed E-state index contributed by atoms with van der Waals surface area (Å²) in [7, 11) is -1.30. The first-order valence-electron chi connectivity index (χ1n) is 6.43. The minimum atomic E-state index is -1.30. The van der Waals surface area contributed by atoms with E-state index in [1.807, 2.05) is 6.07 Å². The Bertz CT molecular complexity index is 553. The second-order valence-corrected chi connectivity index (χ2v) is 10.9. The lowest BCUT2D eigenvalue weighted by atomic mass is 10.0. The highest BCUT2D eigenvalue weighted by molar-refractivity contribution is 6.89. The fourth-order valence-electron chi connectivity index (χ4n) is 2.35. The van der Waals surface area contributed by atoms with E-state index in [2.05, 4.69) is 64.0 Å². The molecule has 1 aromatic carbocycles. The van der Waals surface area contributed by atoms with Gasteiger partial charge >= 0.3 is 0 Å². The molecule has 0 spiro atoms. The molecular formula is C16H21NSi. The molecule has 2 heteroatoms. The van der Waals surface area contributed by atoms with E-state index in [4.69, 9.17) is 4.98 Å². The Morgan fingerprint density at radius 1 is 0.889 bits per heavy atom. The van der Waals surface area contributed by atoms with Crippen molar-refractivity contribution in [1.82, 2.24) is 4.98 Å². The Morgan fingerprint density at radius 2 is 1.50 bits per heavy atom. The van der Waals surface area contributed by atoms with Gasteiger partial charge in [0.05, 0.1) is 13.8 Å². The Kier molecular flexibility index (Phi) is 3.40. The third-order valence-electron chi connectivity index (χ3n) is 3.50. The lowest BCUT2D eigenvalue weighted by Crippen LogP contribution is -2.40. The standard InChI is InChI=1S/C16H21NSi/c1-12-13(2)16(14-9-7-6-8-10-14)17-11-15(12)18(3,4)5/h6-11H,1-5H3. The molecule has 0 bridgehead atoms. The van der Waals surface area contributed by atoms with Crippen molar-refractivity contribution >= 4 is 13.3 Å². The van der Waals surface area contributed by atoms with E-state index in [1.165, 1.54) is 21.9 Å². The summed E-state index contributed by atoms with van der Waals surface area (Å²) >= 11 is 0. The molecule has 0 aliphatic rings. The van der Waals surface area contributed by atoms with Crippen LogP contribution in [0, 0.1) is 13.8 Å². The molecule has 0 N–H and O–H groups in total. The summed E-state index contributed by atoms with van der Waals surface area (Å²) in [6.45, 7) is 11.5. The van der Waals surface area contributed by atoms with Crippen molar-refractivity contribution in [2.75, 3.05) is 0 Å². The van der Waals surface area contributed by atoms with Gasteiger partial charge in [0, 0.05) is 11.8 Å². The fourth-order valence-corrected chi connectivity index (χ4v) is 4.11. The van der Waals surface area contributed by atoms with Crippen molar-refractivity contribution < 1.29 is 0 Å². The van der Waals surface area contributed by atoms with Gasteiger partial charge in [0.2, 0.25) is 0 Å². The molecule has 0 unspecified atom stereocenters. The van der Waals surface area contributed by atoms with Gasteiger partial charge < -0.3 is 0 Å². The van der Waals surface area contributed by atoms with Crippen molar-refractivity contribution in [3.8, 4) is 11.3 Å². The van der Waals surface area contributed by atoms with Gasteiger partial charge in [-0.15, -0.1) is 0 Å². The molecule has 0 radical (unpaired) electrons. The summed E-state index contributed by atoms with van der Waals surface area (Å²) in [4.78, 5) is 4.71. The summed E-state index contributed by atoms with van der Waals surface area (Å²) in [5.41, 5.74) is 5.07. The summed E-state index contributed by atoms with van der Waals surface area (Å²) in [5.74, 6) is 0. The Hall–Kier alpha value is -1.41. The number of aromatic nitrogens is 1. The fraction of sp³-hybridized carbons (Fsp3) is 0.312. The van der Waals surface area contributed by atoms with Crippen LogP contribution in [0.4, 0.5) is 0 Å². The van der Waals surface area contributed by atoms with Crippen LogP contribution in [0.3, 0.4) is 0 Å². The molecule has 0 aliphatic heterocycles. The maximum Gasteiger partial charge on any atom is 0.0799 e. The SMILES string of the molecule is Cc1c([Si](C)(C)C)cnc(-c2ccccc2)c1C. The van der Waals surface area contributed by atoms with Gasteiger partial charge in [-0.25, -0.2) is 0 Å². The van der Waals surface area contributed by atoms with Crippen LogP contribution in [-0.2, 0) is 0 Å². The molecule has 1 aromatic heterocycles. The molecule has 18 heavy (non-hydrogen) atoms. The van der Waals surface area contributed by atoms with Gasteiger partial charge in [-0.3, -0.25) is 4.98 Å². The number of benzene rings is 1. The van der Waals surface area contributed by atoms with Crippen LogP contribution in [0.15, 0.2) is 36.5 Å². The first kappa shape index (κ1) is 13.0. The van der Waals surface area contributed by atoms with Crippen LogP contribution in [-0.4, -0.2) is 13.1 Å². The van der Waals surface area contributed by atoms with Gasteiger partial charge in [0.15, 0.2) is 0 Å². The van der Waals surface area contributed by atoms with Crippen molar-refractivity contribution in [2.45, 2.75) is 33.5 Å². The Balaban J connectivity index is 2.58. The Labute approximate surface area is 111 Å².